The van der Waals surface area contributed by atoms with Crippen LogP contribution in [0.4, 0.5) is 5.69 Å². The summed E-state index contributed by atoms with van der Waals surface area (Å²) in [5.74, 6) is 0. The van der Waals surface area contributed by atoms with Crippen LogP contribution in [0, 0.1) is 6.92 Å². The van der Waals surface area contributed by atoms with Gasteiger partial charge in [-0.25, -0.2) is 9.67 Å². The predicted octanol–water partition coefficient (Wildman–Crippen LogP) is 2.89. The summed E-state index contributed by atoms with van der Waals surface area (Å²) in [5.41, 5.74) is 9.66. The van der Waals surface area contributed by atoms with E-state index in [-0.39, 0.29) is 0 Å². The van der Waals surface area contributed by atoms with Gasteiger partial charge in [0.05, 0.1) is 5.69 Å². The topological polar surface area (TPSA) is 56.7 Å². The third-order valence-corrected chi connectivity index (χ3v) is 3.50. The van der Waals surface area contributed by atoms with Crippen molar-refractivity contribution in [2.24, 2.45) is 0 Å². The first-order valence-electron chi connectivity index (χ1n) is 5.56. The molecule has 1 aromatic carbocycles. The highest BCUT2D eigenvalue weighted by Crippen LogP contribution is 2.25. The molecule has 0 bridgehead atoms. The molecule has 0 aliphatic heterocycles. The molecular weight excluding hydrogens is 244 g/mol. The lowest BCUT2D eigenvalue weighted by Gasteiger charge is -1.99. The predicted molar refractivity (Wildman–Crippen MR) is 73.8 cm³/mol. The van der Waals surface area contributed by atoms with Crippen molar-refractivity contribution in [3.05, 3.63) is 47.7 Å². The van der Waals surface area contributed by atoms with Gasteiger partial charge in [0.15, 0.2) is 0 Å². The van der Waals surface area contributed by atoms with Gasteiger partial charge in [0.1, 0.15) is 0 Å². The lowest BCUT2D eigenvalue weighted by Crippen LogP contribution is -1.92. The molecule has 0 radical (unpaired) electrons. The maximum Gasteiger partial charge on any atom is 0.210 e. The van der Waals surface area contributed by atoms with Crippen LogP contribution in [0.5, 0.6) is 0 Å². The summed E-state index contributed by atoms with van der Waals surface area (Å²) in [6.07, 6.45) is 3.78. The SMILES string of the molecule is Cc1nn(-c2nccs2)cc1-c1ccc(N)cc1. The molecule has 90 valence electrons. The van der Waals surface area contributed by atoms with Crippen LogP contribution in [0.3, 0.4) is 0 Å². The lowest BCUT2D eigenvalue weighted by molar-refractivity contribution is 0.853. The Morgan fingerprint density at radius 2 is 2.00 bits per heavy atom. The Morgan fingerprint density at radius 3 is 2.67 bits per heavy atom. The Morgan fingerprint density at radius 1 is 1.22 bits per heavy atom. The van der Waals surface area contributed by atoms with Crippen LogP contribution >= 0.6 is 11.3 Å². The molecule has 3 rings (SSSR count). The molecule has 18 heavy (non-hydrogen) atoms. The van der Waals surface area contributed by atoms with Crippen molar-refractivity contribution in [3.63, 3.8) is 0 Å². The fourth-order valence-electron chi connectivity index (χ4n) is 1.83. The Hall–Kier alpha value is -2.14. The van der Waals surface area contributed by atoms with Crippen LogP contribution in [-0.4, -0.2) is 14.8 Å². The van der Waals surface area contributed by atoms with E-state index in [2.05, 4.69) is 10.1 Å². The molecule has 0 atom stereocenters. The minimum absolute atomic E-state index is 0.767. The van der Waals surface area contributed by atoms with Crippen molar-refractivity contribution in [1.82, 2.24) is 14.8 Å². The van der Waals surface area contributed by atoms with Crippen LogP contribution in [0.15, 0.2) is 42.0 Å². The molecule has 0 aliphatic carbocycles. The number of hydrogen-bond donors (Lipinski definition) is 1. The van der Waals surface area contributed by atoms with E-state index in [1.807, 2.05) is 47.4 Å². The summed E-state index contributed by atoms with van der Waals surface area (Å²) in [5, 5.41) is 7.30. The largest absolute Gasteiger partial charge is 0.399 e. The van der Waals surface area contributed by atoms with Crippen molar-refractivity contribution >= 4 is 17.0 Å². The quantitative estimate of drug-likeness (QED) is 0.717. The van der Waals surface area contributed by atoms with Gasteiger partial charge >= 0.3 is 0 Å². The van der Waals surface area contributed by atoms with Gasteiger partial charge in [0, 0.05) is 29.0 Å². The Bertz CT molecular complexity index is 653. The minimum Gasteiger partial charge on any atom is -0.399 e. The molecule has 5 heteroatoms. The van der Waals surface area contributed by atoms with E-state index in [4.69, 9.17) is 5.73 Å². The number of nitrogens with two attached hydrogens (primary N) is 1. The Kier molecular flexibility index (Phi) is 2.60. The van der Waals surface area contributed by atoms with Gasteiger partial charge in [-0.05, 0) is 24.6 Å². The van der Waals surface area contributed by atoms with Crippen molar-refractivity contribution < 1.29 is 0 Å². The molecule has 3 aromatic rings. The molecule has 2 heterocycles. The van der Waals surface area contributed by atoms with E-state index in [1.54, 1.807) is 17.5 Å². The average Bonchev–Trinajstić information content (AvgIpc) is 2.99. The van der Waals surface area contributed by atoms with Crippen LogP contribution in [0.2, 0.25) is 0 Å². The summed E-state index contributed by atoms with van der Waals surface area (Å²) in [4.78, 5) is 4.25. The summed E-state index contributed by atoms with van der Waals surface area (Å²) in [6, 6.07) is 7.81. The fraction of sp³-hybridized carbons (Fsp3) is 0.0769. The van der Waals surface area contributed by atoms with Crippen molar-refractivity contribution in [2.45, 2.75) is 6.92 Å². The van der Waals surface area contributed by atoms with Gasteiger partial charge in [-0.2, -0.15) is 5.10 Å². The number of aryl methyl sites for hydroxylation is 1. The van der Waals surface area contributed by atoms with Gasteiger partial charge in [-0.1, -0.05) is 12.1 Å². The number of thiazole rings is 1. The van der Waals surface area contributed by atoms with Crippen molar-refractivity contribution in [3.8, 4) is 16.3 Å². The highest BCUT2D eigenvalue weighted by molar-refractivity contribution is 7.12. The van der Waals surface area contributed by atoms with E-state index in [0.29, 0.717) is 0 Å². The second-order valence-electron chi connectivity index (χ2n) is 4.01. The van der Waals surface area contributed by atoms with E-state index >= 15 is 0 Å². The summed E-state index contributed by atoms with van der Waals surface area (Å²) in [7, 11) is 0. The molecule has 0 aliphatic rings. The first kappa shape index (κ1) is 11.0. The van der Waals surface area contributed by atoms with Crippen LogP contribution in [0.1, 0.15) is 5.69 Å². The van der Waals surface area contributed by atoms with Gasteiger partial charge in [0.25, 0.3) is 0 Å². The Labute approximate surface area is 109 Å². The van der Waals surface area contributed by atoms with E-state index in [0.717, 1.165) is 27.6 Å². The summed E-state index contributed by atoms with van der Waals surface area (Å²) < 4.78 is 1.81. The van der Waals surface area contributed by atoms with Crippen LogP contribution < -0.4 is 5.73 Å². The molecule has 0 unspecified atom stereocenters. The van der Waals surface area contributed by atoms with Gasteiger partial charge in [-0.3, -0.25) is 0 Å². The molecule has 0 saturated carbocycles. The van der Waals surface area contributed by atoms with E-state index < -0.39 is 0 Å². The standard InChI is InChI=1S/C13H12N4S/c1-9-12(10-2-4-11(14)5-3-10)8-17(16-9)13-15-6-7-18-13/h2-8H,14H2,1H3. The molecular formula is C13H12N4S. The molecule has 0 fully saturated rings. The molecule has 2 aromatic heterocycles. The van der Waals surface area contributed by atoms with Crippen molar-refractivity contribution in [1.29, 1.82) is 0 Å². The average molecular weight is 256 g/mol. The number of nitrogens with zero attached hydrogens (tertiary/aromatic N) is 3. The Balaban J connectivity index is 2.06. The third-order valence-electron chi connectivity index (χ3n) is 2.74. The number of nitrogen functional groups attached to an aromatic ring is 1. The highest BCUT2D eigenvalue weighted by Gasteiger charge is 2.09. The number of anilines is 1. The van der Waals surface area contributed by atoms with E-state index in [1.165, 1.54) is 0 Å². The van der Waals surface area contributed by atoms with E-state index in [9.17, 15) is 0 Å². The van der Waals surface area contributed by atoms with Gasteiger partial charge in [-0.15, -0.1) is 11.3 Å². The molecule has 0 saturated heterocycles. The third kappa shape index (κ3) is 1.89. The molecule has 0 amide bonds. The maximum atomic E-state index is 5.70. The molecule has 4 nitrogen and oxygen atoms in total. The number of aromatic nitrogens is 3. The highest BCUT2D eigenvalue weighted by atomic mass is 32.1. The van der Waals surface area contributed by atoms with Crippen LogP contribution in [-0.2, 0) is 0 Å². The zero-order valence-corrected chi connectivity index (χ0v) is 10.7. The number of rotatable bonds is 2. The second-order valence-corrected chi connectivity index (χ2v) is 4.88. The zero-order chi connectivity index (χ0) is 12.5. The molecule has 0 spiro atoms. The first-order chi connectivity index (χ1) is 8.74. The zero-order valence-electron chi connectivity index (χ0n) is 9.87. The van der Waals surface area contributed by atoms with Crippen LogP contribution in [0.25, 0.3) is 16.3 Å². The number of hydrogen-bond acceptors (Lipinski definition) is 4. The normalized spacial score (nSPS) is 10.7. The molecule has 2 N–H and O–H groups in total. The minimum atomic E-state index is 0.767. The van der Waals surface area contributed by atoms with Crippen molar-refractivity contribution in [2.75, 3.05) is 5.73 Å². The number of benzene rings is 1. The monoisotopic (exact) mass is 256 g/mol. The fourth-order valence-corrected chi connectivity index (χ4v) is 2.40. The second kappa shape index (κ2) is 4.27. The maximum absolute atomic E-state index is 5.70. The summed E-state index contributed by atoms with van der Waals surface area (Å²) >= 11 is 1.57. The van der Waals surface area contributed by atoms with Gasteiger partial charge < -0.3 is 5.73 Å². The lowest BCUT2D eigenvalue weighted by atomic mass is 10.1. The smallest absolute Gasteiger partial charge is 0.210 e. The summed E-state index contributed by atoms with van der Waals surface area (Å²) in [6.45, 7) is 2.00. The van der Waals surface area contributed by atoms with Gasteiger partial charge in [0.2, 0.25) is 5.13 Å². The first-order valence-corrected chi connectivity index (χ1v) is 6.44.